The summed E-state index contributed by atoms with van der Waals surface area (Å²) in [7, 11) is 0. The van der Waals surface area contributed by atoms with Gasteiger partial charge in [0.25, 0.3) is 0 Å². The molecule has 0 amide bonds. The minimum absolute atomic E-state index is 0.0556. The molecule has 2 N–H and O–H groups in total. The zero-order valence-corrected chi connectivity index (χ0v) is 12.5. The Morgan fingerprint density at radius 1 is 1.09 bits per heavy atom. The van der Waals surface area contributed by atoms with E-state index in [1.54, 1.807) is 42.6 Å². The van der Waals surface area contributed by atoms with Crippen molar-refractivity contribution in [3.8, 4) is 11.3 Å². The Bertz CT molecular complexity index is 870. The maximum Gasteiger partial charge on any atom is 0.355 e. The summed E-state index contributed by atoms with van der Waals surface area (Å²) in [5.41, 5.74) is 1.57. The van der Waals surface area contributed by atoms with Gasteiger partial charge < -0.3 is 10.4 Å². The molecule has 0 fully saturated rings. The molecule has 0 radical (unpaired) electrons. The van der Waals surface area contributed by atoms with Crippen LogP contribution in [0.25, 0.3) is 11.3 Å². The van der Waals surface area contributed by atoms with Gasteiger partial charge in [0.15, 0.2) is 5.69 Å². The molecule has 0 saturated heterocycles. The Morgan fingerprint density at radius 3 is 2.74 bits per heavy atom. The van der Waals surface area contributed by atoms with Crippen LogP contribution < -0.4 is 5.32 Å². The molecule has 0 aliphatic heterocycles. The lowest BCUT2D eigenvalue weighted by molar-refractivity contribution is 0.0691. The predicted octanol–water partition coefficient (Wildman–Crippen LogP) is 3.63. The topological polar surface area (TPSA) is 88.0 Å². The summed E-state index contributed by atoms with van der Waals surface area (Å²) in [6.07, 6.45) is 2.98. The smallest absolute Gasteiger partial charge is 0.355 e. The first-order chi connectivity index (χ1) is 11.1. The molecule has 0 bridgehead atoms. The number of carboxylic acid groups (broad SMARTS) is 1. The fourth-order valence-corrected chi connectivity index (χ4v) is 2.24. The highest BCUT2D eigenvalue weighted by molar-refractivity contribution is 6.30. The fraction of sp³-hybridized carbons (Fsp3) is 0. The van der Waals surface area contributed by atoms with Crippen LogP contribution in [0, 0.1) is 0 Å². The number of carboxylic acids is 1. The molecule has 6 nitrogen and oxygen atoms in total. The summed E-state index contributed by atoms with van der Waals surface area (Å²) >= 11 is 5.94. The van der Waals surface area contributed by atoms with Crippen molar-refractivity contribution in [1.82, 2.24) is 15.0 Å². The fourth-order valence-electron chi connectivity index (χ4n) is 2.05. The van der Waals surface area contributed by atoms with Crippen LogP contribution in [0.1, 0.15) is 10.5 Å². The number of aromatic nitrogens is 3. The summed E-state index contributed by atoms with van der Waals surface area (Å²) in [6, 6.07) is 12.1. The first-order valence-corrected chi connectivity index (χ1v) is 7.05. The number of benzene rings is 1. The normalized spacial score (nSPS) is 10.3. The van der Waals surface area contributed by atoms with Gasteiger partial charge in [-0.3, -0.25) is 0 Å². The van der Waals surface area contributed by atoms with Crippen LogP contribution in [0.4, 0.5) is 11.6 Å². The van der Waals surface area contributed by atoms with Gasteiger partial charge in [0.1, 0.15) is 0 Å². The number of hydrogen-bond donors (Lipinski definition) is 2. The van der Waals surface area contributed by atoms with E-state index in [4.69, 9.17) is 11.6 Å². The number of hydrogen-bond acceptors (Lipinski definition) is 5. The van der Waals surface area contributed by atoms with Gasteiger partial charge in [-0.1, -0.05) is 17.7 Å². The monoisotopic (exact) mass is 326 g/mol. The van der Waals surface area contributed by atoms with Gasteiger partial charge in [-0.2, -0.15) is 0 Å². The van der Waals surface area contributed by atoms with Gasteiger partial charge in [0.2, 0.25) is 5.95 Å². The summed E-state index contributed by atoms with van der Waals surface area (Å²) in [4.78, 5) is 23.6. The largest absolute Gasteiger partial charge is 0.476 e. The van der Waals surface area contributed by atoms with E-state index in [0.717, 1.165) is 5.69 Å². The predicted molar refractivity (Wildman–Crippen MR) is 87.0 cm³/mol. The van der Waals surface area contributed by atoms with Gasteiger partial charge in [-0.05, 0) is 36.4 Å². The molecule has 0 unspecified atom stereocenters. The molecule has 23 heavy (non-hydrogen) atoms. The molecule has 114 valence electrons. The number of anilines is 2. The molecule has 3 rings (SSSR count). The third kappa shape index (κ3) is 3.44. The number of aromatic carboxylic acids is 1. The van der Waals surface area contributed by atoms with E-state index in [9.17, 15) is 9.90 Å². The molecule has 2 aromatic heterocycles. The molecule has 0 aliphatic carbocycles. The molecule has 3 aromatic rings. The number of halogens is 1. The summed E-state index contributed by atoms with van der Waals surface area (Å²) in [5.74, 6) is -0.770. The molecular formula is C16H11ClN4O2. The minimum atomic E-state index is -1.11. The third-order valence-corrected chi connectivity index (χ3v) is 3.26. The van der Waals surface area contributed by atoms with Gasteiger partial charge in [0.05, 0.1) is 5.69 Å². The van der Waals surface area contributed by atoms with E-state index >= 15 is 0 Å². The maximum absolute atomic E-state index is 11.3. The second kappa shape index (κ2) is 6.41. The summed E-state index contributed by atoms with van der Waals surface area (Å²) < 4.78 is 0. The zero-order chi connectivity index (χ0) is 16.2. The van der Waals surface area contributed by atoms with Gasteiger partial charge in [-0.25, -0.2) is 19.7 Å². The van der Waals surface area contributed by atoms with Crippen LogP contribution in [0.3, 0.4) is 0 Å². The average molecular weight is 327 g/mol. The molecule has 0 saturated carbocycles. The second-order valence-electron chi connectivity index (χ2n) is 4.61. The van der Waals surface area contributed by atoms with Crippen molar-refractivity contribution in [2.75, 3.05) is 5.32 Å². The van der Waals surface area contributed by atoms with E-state index < -0.39 is 5.97 Å². The molecule has 1 aromatic carbocycles. The minimum Gasteiger partial charge on any atom is -0.476 e. The van der Waals surface area contributed by atoms with Crippen molar-refractivity contribution < 1.29 is 9.90 Å². The Hall–Kier alpha value is -2.99. The van der Waals surface area contributed by atoms with E-state index in [2.05, 4.69) is 20.3 Å². The van der Waals surface area contributed by atoms with Crippen molar-refractivity contribution in [2.24, 2.45) is 0 Å². The van der Waals surface area contributed by atoms with Crippen LogP contribution in [0.5, 0.6) is 0 Å². The number of carbonyl (C=O) groups is 1. The molecule has 2 heterocycles. The van der Waals surface area contributed by atoms with E-state index in [1.165, 1.54) is 6.20 Å². The van der Waals surface area contributed by atoms with Crippen LogP contribution >= 0.6 is 11.6 Å². The number of rotatable bonds is 4. The van der Waals surface area contributed by atoms with Gasteiger partial charge in [-0.15, -0.1) is 0 Å². The molecule has 0 aliphatic rings. The zero-order valence-electron chi connectivity index (χ0n) is 11.8. The standard InChI is InChI=1S/C16H11ClN4O2/c17-10-3-1-4-11(9-10)20-16-19-8-6-13(21-16)12-5-2-7-18-14(12)15(22)23/h1-9H,(H,22,23)(H,19,20,21). The molecule has 0 atom stereocenters. The van der Waals surface area contributed by atoms with Crippen molar-refractivity contribution in [3.05, 3.63) is 65.6 Å². The van der Waals surface area contributed by atoms with Crippen LogP contribution in [0.2, 0.25) is 5.02 Å². The van der Waals surface area contributed by atoms with Crippen LogP contribution in [-0.2, 0) is 0 Å². The van der Waals surface area contributed by atoms with E-state index in [-0.39, 0.29) is 5.69 Å². The van der Waals surface area contributed by atoms with Crippen molar-refractivity contribution in [3.63, 3.8) is 0 Å². The number of nitrogens with zero attached hydrogens (tertiary/aromatic N) is 3. The molecular weight excluding hydrogens is 316 g/mol. The summed E-state index contributed by atoms with van der Waals surface area (Å²) in [5, 5.41) is 12.8. The van der Waals surface area contributed by atoms with Crippen molar-refractivity contribution in [2.45, 2.75) is 0 Å². The maximum atomic E-state index is 11.3. The first kappa shape index (κ1) is 14.9. The Morgan fingerprint density at radius 2 is 1.96 bits per heavy atom. The lowest BCUT2D eigenvalue weighted by atomic mass is 10.1. The Balaban J connectivity index is 1.96. The molecule has 7 heteroatoms. The van der Waals surface area contributed by atoms with E-state index in [0.29, 0.717) is 22.2 Å². The second-order valence-corrected chi connectivity index (χ2v) is 5.04. The Kier molecular flexibility index (Phi) is 4.16. The highest BCUT2D eigenvalue weighted by Crippen LogP contribution is 2.23. The van der Waals surface area contributed by atoms with Gasteiger partial charge >= 0.3 is 5.97 Å². The number of nitrogens with one attached hydrogen (secondary N) is 1. The van der Waals surface area contributed by atoms with Gasteiger partial charge in [0, 0.05) is 28.7 Å². The average Bonchev–Trinajstić information content (AvgIpc) is 2.55. The van der Waals surface area contributed by atoms with Crippen LogP contribution in [-0.4, -0.2) is 26.0 Å². The first-order valence-electron chi connectivity index (χ1n) is 6.68. The highest BCUT2D eigenvalue weighted by Gasteiger charge is 2.14. The Labute approximate surface area is 136 Å². The SMILES string of the molecule is O=C(O)c1ncccc1-c1ccnc(Nc2cccc(Cl)c2)n1. The molecule has 0 spiro atoms. The van der Waals surface area contributed by atoms with E-state index in [1.807, 2.05) is 6.07 Å². The number of pyridine rings is 1. The lowest BCUT2D eigenvalue weighted by Crippen LogP contribution is -2.04. The van der Waals surface area contributed by atoms with Crippen molar-refractivity contribution >= 4 is 29.2 Å². The van der Waals surface area contributed by atoms with Crippen LogP contribution in [0.15, 0.2) is 54.9 Å². The lowest BCUT2D eigenvalue weighted by Gasteiger charge is -2.08. The highest BCUT2D eigenvalue weighted by atomic mass is 35.5. The van der Waals surface area contributed by atoms with Crippen molar-refractivity contribution in [1.29, 1.82) is 0 Å². The third-order valence-electron chi connectivity index (χ3n) is 3.02. The summed E-state index contributed by atoms with van der Waals surface area (Å²) in [6.45, 7) is 0. The quantitative estimate of drug-likeness (QED) is 0.761.